The Bertz CT molecular complexity index is 653. The van der Waals surface area contributed by atoms with Crippen LogP contribution in [-0.2, 0) is 34.9 Å². The van der Waals surface area contributed by atoms with Gasteiger partial charge < -0.3 is 28.4 Å². The van der Waals surface area contributed by atoms with Crippen molar-refractivity contribution in [2.24, 2.45) is 0 Å². The van der Waals surface area contributed by atoms with Gasteiger partial charge in [-0.2, -0.15) is 0 Å². The zero-order chi connectivity index (χ0) is 20.2. The number of rotatable bonds is 8. The summed E-state index contributed by atoms with van der Waals surface area (Å²) in [5.41, 5.74) is 1.05. The minimum absolute atomic E-state index is 0.0655. The quantitative estimate of drug-likeness (QED) is 0.628. The normalized spacial score (nSPS) is 25.6. The zero-order valence-electron chi connectivity index (χ0n) is 17.1. The number of esters is 1. The second-order valence-electron chi connectivity index (χ2n) is 8.04. The lowest BCUT2D eigenvalue weighted by Crippen LogP contribution is -2.25. The molecule has 7 nitrogen and oxygen atoms in total. The molecule has 7 heteroatoms. The molecule has 1 aromatic rings. The van der Waals surface area contributed by atoms with Gasteiger partial charge in [0.2, 0.25) is 0 Å². The molecule has 2 saturated heterocycles. The van der Waals surface area contributed by atoms with Gasteiger partial charge in [-0.1, -0.05) is 12.1 Å². The summed E-state index contributed by atoms with van der Waals surface area (Å²) >= 11 is 0. The Balaban J connectivity index is 1.33. The smallest absolute Gasteiger partial charge is 0.306 e. The van der Waals surface area contributed by atoms with E-state index < -0.39 is 11.6 Å². The van der Waals surface area contributed by atoms with Crippen LogP contribution >= 0.6 is 0 Å². The highest BCUT2D eigenvalue weighted by atomic mass is 16.8. The van der Waals surface area contributed by atoms with Gasteiger partial charge in [0, 0.05) is 6.42 Å². The first-order chi connectivity index (χ1) is 13.2. The maximum absolute atomic E-state index is 11.9. The molecule has 156 valence electrons. The molecule has 0 bridgehead atoms. The molecule has 0 saturated carbocycles. The van der Waals surface area contributed by atoms with Crippen molar-refractivity contribution in [1.29, 1.82) is 0 Å². The Morgan fingerprint density at radius 1 is 0.964 bits per heavy atom. The first-order valence-corrected chi connectivity index (χ1v) is 9.72. The van der Waals surface area contributed by atoms with E-state index in [1.54, 1.807) is 0 Å². The second kappa shape index (κ2) is 8.78. The average molecular weight is 394 g/mol. The van der Waals surface area contributed by atoms with Crippen molar-refractivity contribution in [1.82, 2.24) is 0 Å². The maximum atomic E-state index is 11.9. The molecule has 0 amide bonds. The Labute approximate surface area is 166 Å². The highest BCUT2D eigenvalue weighted by Crippen LogP contribution is 2.24. The number of benzene rings is 1. The predicted molar refractivity (Wildman–Crippen MR) is 101 cm³/mol. The largest absolute Gasteiger partial charge is 0.491 e. The third-order valence-electron chi connectivity index (χ3n) is 4.54. The Morgan fingerprint density at radius 2 is 1.54 bits per heavy atom. The van der Waals surface area contributed by atoms with Gasteiger partial charge in [0.25, 0.3) is 0 Å². The summed E-state index contributed by atoms with van der Waals surface area (Å²) in [4.78, 5) is 11.9. The van der Waals surface area contributed by atoms with E-state index >= 15 is 0 Å². The lowest BCUT2D eigenvalue weighted by atomic mass is 10.1. The van der Waals surface area contributed by atoms with Crippen molar-refractivity contribution in [2.75, 3.05) is 26.4 Å². The number of hydrogen-bond acceptors (Lipinski definition) is 7. The van der Waals surface area contributed by atoms with Crippen LogP contribution < -0.4 is 4.74 Å². The van der Waals surface area contributed by atoms with Gasteiger partial charge in [-0.3, -0.25) is 4.79 Å². The fourth-order valence-corrected chi connectivity index (χ4v) is 3.14. The summed E-state index contributed by atoms with van der Waals surface area (Å²) in [6.45, 7) is 9.11. The Kier molecular flexibility index (Phi) is 6.60. The van der Waals surface area contributed by atoms with Crippen LogP contribution in [-0.4, -0.2) is 56.2 Å². The molecule has 2 aliphatic heterocycles. The number of carbonyl (C=O) groups is 1. The maximum Gasteiger partial charge on any atom is 0.306 e. The van der Waals surface area contributed by atoms with Gasteiger partial charge in [0.1, 0.15) is 31.2 Å². The lowest BCUT2D eigenvalue weighted by Gasteiger charge is -2.17. The summed E-state index contributed by atoms with van der Waals surface area (Å²) < 4.78 is 33.3. The molecule has 2 fully saturated rings. The van der Waals surface area contributed by atoms with Gasteiger partial charge in [0.05, 0.1) is 13.2 Å². The molecule has 28 heavy (non-hydrogen) atoms. The van der Waals surface area contributed by atoms with E-state index in [1.165, 1.54) is 0 Å². The Morgan fingerprint density at radius 3 is 2.07 bits per heavy atom. The van der Waals surface area contributed by atoms with E-state index in [0.717, 1.165) is 11.3 Å². The lowest BCUT2D eigenvalue weighted by molar-refractivity contribution is -0.158. The van der Waals surface area contributed by atoms with Crippen molar-refractivity contribution in [3.05, 3.63) is 29.8 Å². The van der Waals surface area contributed by atoms with Gasteiger partial charge in [-0.15, -0.1) is 0 Å². The van der Waals surface area contributed by atoms with E-state index in [2.05, 4.69) is 0 Å². The molecule has 1 aromatic carbocycles. The number of hydrogen-bond donors (Lipinski definition) is 0. The predicted octanol–water partition coefficient (Wildman–Crippen LogP) is 2.84. The van der Waals surface area contributed by atoms with Gasteiger partial charge in [-0.25, -0.2) is 0 Å². The second-order valence-corrected chi connectivity index (χ2v) is 8.04. The molecule has 0 aliphatic carbocycles. The molecule has 3 rings (SSSR count). The van der Waals surface area contributed by atoms with Crippen LogP contribution in [0.5, 0.6) is 5.75 Å². The first-order valence-electron chi connectivity index (χ1n) is 9.72. The van der Waals surface area contributed by atoms with E-state index in [0.29, 0.717) is 32.7 Å². The Hall–Kier alpha value is -1.67. The average Bonchev–Trinajstić information content (AvgIpc) is 3.18. The highest BCUT2D eigenvalue weighted by molar-refractivity contribution is 5.69. The summed E-state index contributed by atoms with van der Waals surface area (Å²) in [7, 11) is 0. The van der Waals surface area contributed by atoms with E-state index in [1.807, 2.05) is 52.0 Å². The number of carbonyl (C=O) groups excluding carboxylic acids is 1. The molecule has 0 aromatic heterocycles. The van der Waals surface area contributed by atoms with Gasteiger partial charge >= 0.3 is 5.97 Å². The molecule has 2 atom stereocenters. The van der Waals surface area contributed by atoms with Crippen LogP contribution in [0.2, 0.25) is 0 Å². The van der Waals surface area contributed by atoms with Crippen LogP contribution in [0.25, 0.3) is 0 Å². The van der Waals surface area contributed by atoms with Crippen LogP contribution in [0, 0.1) is 0 Å². The van der Waals surface area contributed by atoms with Crippen molar-refractivity contribution >= 4 is 5.97 Å². The minimum Gasteiger partial charge on any atom is -0.491 e. The summed E-state index contributed by atoms with van der Waals surface area (Å²) in [5.74, 6) is -0.622. The van der Waals surface area contributed by atoms with Gasteiger partial charge in [0.15, 0.2) is 11.6 Å². The molecular weight excluding hydrogens is 364 g/mol. The van der Waals surface area contributed by atoms with Crippen molar-refractivity contribution in [3.63, 3.8) is 0 Å². The van der Waals surface area contributed by atoms with Crippen molar-refractivity contribution in [3.8, 4) is 5.75 Å². The molecule has 0 radical (unpaired) electrons. The van der Waals surface area contributed by atoms with Gasteiger partial charge in [-0.05, 0) is 51.8 Å². The molecule has 2 heterocycles. The van der Waals surface area contributed by atoms with E-state index in [9.17, 15) is 4.79 Å². The highest BCUT2D eigenvalue weighted by Gasteiger charge is 2.34. The monoisotopic (exact) mass is 394 g/mol. The molecular formula is C21H30O7. The zero-order valence-corrected chi connectivity index (χ0v) is 17.1. The standard InChI is InChI=1S/C21H30O7/c1-20(2)25-13-17(27-20)11-23-16-8-5-15(6-9-16)7-10-19(22)24-12-18-14-26-21(3,4)28-18/h5-6,8-9,17-18H,7,10-14H2,1-4H3/t17-,18+/m0/s1. The van der Waals surface area contributed by atoms with Crippen LogP contribution in [0.4, 0.5) is 0 Å². The fraction of sp³-hybridized carbons (Fsp3) is 0.667. The van der Waals surface area contributed by atoms with Crippen LogP contribution in [0.15, 0.2) is 24.3 Å². The summed E-state index contributed by atoms with van der Waals surface area (Å²) in [6, 6.07) is 7.70. The summed E-state index contributed by atoms with van der Waals surface area (Å²) in [6.07, 6.45) is 0.666. The minimum atomic E-state index is -0.603. The fourth-order valence-electron chi connectivity index (χ4n) is 3.14. The molecule has 0 N–H and O–H groups in total. The molecule has 2 aliphatic rings. The van der Waals surface area contributed by atoms with Crippen LogP contribution in [0.3, 0.4) is 0 Å². The summed E-state index contributed by atoms with van der Waals surface area (Å²) in [5, 5.41) is 0. The number of ether oxygens (including phenoxy) is 6. The van der Waals surface area contributed by atoms with Crippen molar-refractivity contribution < 1.29 is 33.2 Å². The molecule has 0 spiro atoms. The molecule has 0 unspecified atom stereocenters. The van der Waals surface area contributed by atoms with Crippen LogP contribution in [0.1, 0.15) is 39.7 Å². The third-order valence-corrected chi connectivity index (χ3v) is 4.54. The van der Waals surface area contributed by atoms with E-state index in [-0.39, 0.29) is 24.8 Å². The SMILES string of the molecule is CC1(C)OC[C@@H](COC(=O)CCc2ccc(OC[C@H]3COC(C)(C)O3)cc2)O1. The third kappa shape index (κ3) is 6.44. The topological polar surface area (TPSA) is 72.5 Å². The van der Waals surface area contributed by atoms with Crippen molar-refractivity contribution in [2.45, 2.75) is 64.3 Å². The number of aryl methyl sites for hydroxylation is 1. The first kappa shape index (κ1) is 21.0. The van der Waals surface area contributed by atoms with E-state index in [4.69, 9.17) is 28.4 Å².